The van der Waals surface area contributed by atoms with Gasteiger partial charge in [0.1, 0.15) is 18.1 Å². The summed E-state index contributed by atoms with van der Waals surface area (Å²) in [6, 6.07) is 11.4. The molecule has 0 aliphatic rings. The second-order valence-corrected chi connectivity index (χ2v) is 6.67. The van der Waals surface area contributed by atoms with Gasteiger partial charge in [-0.3, -0.25) is 4.79 Å². The van der Waals surface area contributed by atoms with Crippen molar-refractivity contribution in [1.82, 2.24) is 0 Å². The fourth-order valence-electron chi connectivity index (χ4n) is 2.52. The molecule has 25 heavy (non-hydrogen) atoms. The summed E-state index contributed by atoms with van der Waals surface area (Å²) in [5, 5.41) is 0.910. The number of para-hydroxylation sites is 1. The molecule has 0 radical (unpaired) electrons. The number of methoxy groups -OCH3 is 2. The third-order valence-corrected chi connectivity index (χ3v) is 4.81. The van der Waals surface area contributed by atoms with Crippen molar-refractivity contribution >= 4 is 38.3 Å². The Morgan fingerprint density at radius 2 is 1.68 bits per heavy atom. The minimum atomic E-state index is 0. The predicted octanol–water partition coefficient (Wildman–Crippen LogP) is 2.83. The van der Waals surface area contributed by atoms with Crippen molar-refractivity contribution in [3.8, 4) is 11.5 Å². The minimum absolute atomic E-state index is 0. The van der Waals surface area contributed by atoms with Crippen LogP contribution in [0.2, 0.25) is 0 Å². The summed E-state index contributed by atoms with van der Waals surface area (Å²) < 4.78 is 16.0. The van der Waals surface area contributed by atoms with Gasteiger partial charge in [-0.05, 0) is 51.8 Å². The fraction of sp³-hybridized carbons (Fsp3) is 0.316. The quantitative estimate of drug-likeness (QED) is 0.415. The van der Waals surface area contributed by atoms with Crippen LogP contribution in [0.1, 0.15) is 21.5 Å². The molecule has 0 saturated carbocycles. The van der Waals surface area contributed by atoms with Crippen molar-refractivity contribution in [3.05, 3.63) is 53.1 Å². The van der Waals surface area contributed by atoms with E-state index in [-0.39, 0.29) is 33.0 Å². The maximum atomic E-state index is 12.8. The number of rotatable bonds is 8. The van der Waals surface area contributed by atoms with Gasteiger partial charge in [0.2, 0.25) is 0 Å². The molecule has 0 bridgehead atoms. The summed E-state index contributed by atoms with van der Waals surface area (Å²) in [6.07, 6.45) is 0. The summed E-state index contributed by atoms with van der Waals surface area (Å²) >= 11 is 0. The Balaban J connectivity index is 0.00000312. The Bertz CT molecular complexity index is 695. The van der Waals surface area contributed by atoms with Gasteiger partial charge in [-0.25, -0.2) is 0 Å². The van der Waals surface area contributed by atoms with Crippen LogP contribution in [0.15, 0.2) is 36.4 Å². The van der Waals surface area contributed by atoms with E-state index in [0.29, 0.717) is 13.2 Å². The molecule has 130 valence electrons. The number of aryl methyl sites for hydroxylation is 2. The molecule has 6 heteroatoms. The molecular formula is C19H24LiO4P. The van der Waals surface area contributed by atoms with Gasteiger partial charge in [0, 0.05) is 18.0 Å². The number of hydrogen-bond acceptors (Lipinski definition) is 4. The first-order chi connectivity index (χ1) is 11.6. The monoisotopic (exact) mass is 354 g/mol. The summed E-state index contributed by atoms with van der Waals surface area (Å²) in [5.41, 5.74) is 2.74. The van der Waals surface area contributed by atoms with Crippen LogP contribution in [-0.2, 0) is 4.74 Å². The van der Waals surface area contributed by atoms with E-state index in [1.165, 1.54) is 0 Å². The Hall–Kier alpha value is -1.30. The van der Waals surface area contributed by atoms with Gasteiger partial charge in [-0.2, -0.15) is 0 Å². The zero-order valence-electron chi connectivity index (χ0n) is 14.5. The normalized spacial score (nSPS) is 10.6. The van der Waals surface area contributed by atoms with Gasteiger partial charge in [-0.1, -0.05) is 18.2 Å². The zero-order valence-corrected chi connectivity index (χ0v) is 15.5. The molecule has 0 spiro atoms. The summed E-state index contributed by atoms with van der Waals surface area (Å²) in [4.78, 5) is 12.8. The molecule has 0 fully saturated rings. The number of carbonyl (C=O) groups is 1. The van der Waals surface area contributed by atoms with Crippen LogP contribution in [0.4, 0.5) is 0 Å². The van der Waals surface area contributed by atoms with E-state index in [4.69, 9.17) is 14.2 Å². The van der Waals surface area contributed by atoms with E-state index in [9.17, 15) is 4.79 Å². The van der Waals surface area contributed by atoms with E-state index in [2.05, 4.69) is 0 Å². The third-order valence-electron chi connectivity index (χ3n) is 3.65. The molecule has 1 atom stereocenters. The SMILES string of the molecule is COCCOc1ccccc1PC(=O)c1c(C)cc(OC)cc1C.[LiH]. The molecule has 0 heterocycles. The van der Waals surface area contributed by atoms with Crippen LogP contribution < -0.4 is 14.8 Å². The Morgan fingerprint density at radius 3 is 2.28 bits per heavy atom. The predicted molar refractivity (Wildman–Crippen MR) is 106 cm³/mol. The Labute approximate surface area is 163 Å². The van der Waals surface area contributed by atoms with Crippen LogP contribution in [-0.4, -0.2) is 51.8 Å². The molecule has 1 unspecified atom stereocenters. The maximum absolute atomic E-state index is 12.8. The van der Waals surface area contributed by atoms with Gasteiger partial charge in [-0.15, -0.1) is 0 Å². The molecule has 0 aliphatic carbocycles. The van der Waals surface area contributed by atoms with Crippen LogP contribution in [0.5, 0.6) is 11.5 Å². The van der Waals surface area contributed by atoms with E-state index >= 15 is 0 Å². The first-order valence-electron chi connectivity index (χ1n) is 7.74. The van der Waals surface area contributed by atoms with Crippen LogP contribution in [0.3, 0.4) is 0 Å². The molecule has 0 saturated heterocycles. The van der Waals surface area contributed by atoms with Crippen molar-refractivity contribution in [2.24, 2.45) is 0 Å². The molecule has 2 rings (SSSR count). The summed E-state index contributed by atoms with van der Waals surface area (Å²) in [5.74, 6) is 1.51. The average Bonchev–Trinajstić information content (AvgIpc) is 2.55. The van der Waals surface area contributed by atoms with E-state index in [1.54, 1.807) is 14.2 Å². The van der Waals surface area contributed by atoms with E-state index in [1.807, 2.05) is 50.2 Å². The Morgan fingerprint density at radius 1 is 1.04 bits per heavy atom. The Kier molecular flexibility index (Phi) is 9.25. The molecule has 2 aromatic carbocycles. The van der Waals surface area contributed by atoms with Gasteiger partial charge < -0.3 is 14.2 Å². The molecule has 2 aromatic rings. The standard InChI is InChI=1S/C19H23O4P.Li.H/c1-13-11-15(22-4)12-14(2)18(13)19(20)24-17-8-6-5-7-16(17)23-10-9-21-3;;/h5-8,11-12,24H,9-10H2,1-4H3;;. The van der Waals surface area contributed by atoms with Crippen LogP contribution >= 0.6 is 8.58 Å². The van der Waals surface area contributed by atoms with Gasteiger partial charge >= 0.3 is 18.9 Å². The van der Waals surface area contributed by atoms with E-state index in [0.717, 1.165) is 33.5 Å². The fourth-order valence-corrected chi connectivity index (χ4v) is 3.74. The first-order valence-corrected chi connectivity index (χ1v) is 8.74. The first kappa shape index (κ1) is 21.7. The van der Waals surface area contributed by atoms with Crippen LogP contribution in [0.25, 0.3) is 0 Å². The average molecular weight is 354 g/mol. The van der Waals surface area contributed by atoms with Crippen LogP contribution in [0, 0.1) is 13.8 Å². The second-order valence-electron chi connectivity index (χ2n) is 5.43. The zero-order chi connectivity index (χ0) is 17.5. The van der Waals surface area contributed by atoms with Crippen molar-refractivity contribution < 1.29 is 19.0 Å². The third kappa shape index (κ3) is 5.87. The molecular weight excluding hydrogens is 330 g/mol. The van der Waals surface area contributed by atoms with Crippen molar-refractivity contribution in [3.63, 3.8) is 0 Å². The van der Waals surface area contributed by atoms with Gasteiger partial charge in [0.25, 0.3) is 0 Å². The molecule has 4 nitrogen and oxygen atoms in total. The number of hydrogen-bond donors (Lipinski definition) is 0. The van der Waals surface area contributed by atoms with Gasteiger partial charge in [0.15, 0.2) is 5.52 Å². The van der Waals surface area contributed by atoms with Crippen molar-refractivity contribution in [1.29, 1.82) is 0 Å². The molecule has 0 amide bonds. The summed E-state index contributed by atoms with van der Waals surface area (Å²) in [7, 11) is 3.28. The number of carbonyl (C=O) groups excluding carboxylic acids is 1. The van der Waals surface area contributed by atoms with E-state index < -0.39 is 0 Å². The molecule has 0 N–H and O–H groups in total. The van der Waals surface area contributed by atoms with Crippen molar-refractivity contribution in [2.75, 3.05) is 27.4 Å². The topological polar surface area (TPSA) is 44.8 Å². The van der Waals surface area contributed by atoms with Gasteiger partial charge in [0.05, 0.1) is 13.7 Å². The summed E-state index contributed by atoms with van der Waals surface area (Å²) in [6.45, 7) is 4.86. The molecule has 0 aliphatic heterocycles. The number of benzene rings is 2. The molecule has 0 aromatic heterocycles. The number of ether oxygens (including phenoxy) is 3. The second kappa shape index (κ2) is 10.6. The van der Waals surface area contributed by atoms with Crippen molar-refractivity contribution in [2.45, 2.75) is 13.8 Å².